The lowest BCUT2D eigenvalue weighted by Gasteiger charge is -2.04. The van der Waals surface area contributed by atoms with Crippen LogP contribution in [0.5, 0.6) is 5.75 Å². The number of nitrogens with one attached hydrogen (secondary N) is 1. The molecule has 1 N–H and O–H groups in total. The first-order chi connectivity index (χ1) is 9.28. The molecule has 0 fully saturated rings. The quantitative estimate of drug-likeness (QED) is 0.774. The van der Waals surface area contributed by atoms with Crippen LogP contribution in [-0.4, -0.2) is 11.5 Å². The Morgan fingerprint density at radius 1 is 1.32 bits per heavy atom. The minimum atomic E-state index is 0.594. The van der Waals surface area contributed by atoms with Crippen molar-refractivity contribution in [3.63, 3.8) is 0 Å². The van der Waals surface area contributed by atoms with Crippen LogP contribution in [0.3, 0.4) is 0 Å². The Bertz CT molecular complexity index is 516. The van der Waals surface area contributed by atoms with E-state index in [2.05, 4.69) is 45.3 Å². The summed E-state index contributed by atoms with van der Waals surface area (Å²) < 4.78 is 6.64. The summed E-state index contributed by atoms with van der Waals surface area (Å²) in [5, 5.41) is 3.40. The lowest BCUT2D eigenvalue weighted by molar-refractivity contribution is 0.308. The molecular weight excluding hydrogens is 324 g/mol. The first-order valence-electron chi connectivity index (χ1n) is 6.29. The van der Waals surface area contributed by atoms with E-state index in [9.17, 15) is 0 Å². The van der Waals surface area contributed by atoms with Gasteiger partial charge < -0.3 is 10.1 Å². The predicted molar refractivity (Wildman–Crippen MR) is 82.6 cm³/mol. The Kier molecular flexibility index (Phi) is 5.82. The molecule has 0 spiro atoms. The summed E-state index contributed by atoms with van der Waals surface area (Å²) in [5.41, 5.74) is 0. The summed E-state index contributed by atoms with van der Waals surface area (Å²) >= 11 is 5.17. The van der Waals surface area contributed by atoms with Gasteiger partial charge in [-0.05, 0) is 47.1 Å². The maximum Gasteiger partial charge on any atom is 0.139 e. The highest BCUT2D eigenvalue weighted by Gasteiger charge is 2.02. The summed E-state index contributed by atoms with van der Waals surface area (Å²) in [7, 11) is 0. The Balaban J connectivity index is 1.83. The van der Waals surface area contributed by atoms with Gasteiger partial charge in [-0.2, -0.15) is 0 Å². The van der Waals surface area contributed by atoms with Crippen LogP contribution in [0.1, 0.15) is 23.1 Å². The van der Waals surface area contributed by atoms with Crippen molar-refractivity contribution < 1.29 is 4.74 Å². The topological polar surface area (TPSA) is 34.1 Å². The summed E-state index contributed by atoms with van der Waals surface area (Å²) in [6.45, 7) is 4.77. The number of thiophene rings is 1. The third kappa shape index (κ3) is 4.93. The largest absolute Gasteiger partial charge is 0.486 e. The fourth-order valence-electron chi connectivity index (χ4n) is 1.61. The van der Waals surface area contributed by atoms with E-state index in [0.29, 0.717) is 6.61 Å². The first-order valence-corrected chi connectivity index (χ1v) is 7.90. The van der Waals surface area contributed by atoms with Crippen molar-refractivity contribution >= 4 is 27.3 Å². The normalized spacial score (nSPS) is 10.6. The maximum absolute atomic E-state index is 5.71. The van der Waals surface area contributed by atoms with E-state index < -0.39 is 0 Å². The van der Waals surface area contributed by atoms with Crippen LogP contribution in [0.4, 0.5) is 0 Å². The zero-order valence-corrected chi connectivity index (χ0v) is 13.3. The second kappa shape index (κ2) is 7.62. The third-order valence-corrected chi connectivity index (χ3v) is 4.00. The standard InChI is InChI=1S/C14H17BrN2OS/c1-2-5-16-9-13-3-4-14(19-13)10-18-12-6-11(15)7-17-8-12/h3-4,6-8,16H,2,5,9-10H2,1H3. The van der Waals surface area contributed by atoms with Gasteiger partial charge >= 0.3 is 0 Å². The van der Waals surface area contributed by atoms with E-state index in [1.54, 1.807) is 23.7 Å². The lowest BCUT2D eigenvalue weighted by Crippen LogP contribution is -2.12. The van der Waals surface area contributed by atoms with E-state index in [-0.39, 0.29) is 0 Å². The van der Waals surface area contributed by atoms with Crippen LogP contribution in [-0.2, 0) is 13.2 Å². The number of hydrogen-bond donors (Lipinski definition) is 1. The van der Waals surface area contributed by atoms with Crippen LogP contribution in [0, 0.1) is 0 Å². The molecule has 3 nitrogen and oxygen atoms in total. The van der Waals surface area contributed by atoms with Crippen LogP contribution < -0.4 is 10.1 Å². The molecular formula is C14H17BrN2OS. The van der Waals surface area contributed by atoms with Crippen molar-refractivity contribution in [3.8, 4) is 5.75 Å². The smallest absolute Gasteiger partial charge is 0.139 e. The molecule has 2 aromatic rings. The molecule has 2 heterocycles. The minimum Gasteiger partial charge on any atom is -0.486 e. The van der Waals surface area contributed by atoms with Crippen LogP contribution in [0.25, 0.3) is 0 Å². The highest BCUT2D eigenvalue weighted by molar-refractivity contribution is 9.10. The second-order valence-corrected chi connectivity index (χ2v) is 6.34. The van der Waals surface area contributed by atoms with Gasteiger partial charge in [0.05, 0.1) is 6.20 Å². The van der Waals surface area contributed by atoms with Gasteiger partial charge in [0, 0.05) is 27.0 Å². The Morgan fingerprint density at radius 2 is 2.16 bits per heavy atom. The zero-order chi connectivity index (χ0) is 13.5. The van der Waals surface area contributed by atoms with Crippen LogP contribution >= 0.6 is 27.3 Å². The van der Waals surface area contributed by atoms with Crippen LogP contribution in [0.15, 0.2) is 35.1 Å². The molecule has 2 aromatic heterocycles. The summed E-state index contributed by atoms with van der Waals surface area (Å²) in [4.78, 5) is 6.65. The van der Waals surface area contributed by atoms with E-state index in [4.69, 9.17) is 4.74 Å². The zero-order valence-electron chi connectivity index (χ0n) is 10.9. The SMILES string of the molecule is CCCNCc1ccc(COc2cncc(Br)c2)s1. The predicted octanol–water partition coefficient (Wildman–Crippen LogP) is 3.98. The van der Waals surface area contributed by atoms with Crippen molar-refractivity contribution in [2.24, 2.45) is 0 Å². The van der Waals surface area contributed by atoms with E-state index >= 15 is 0 Å². The summed E-state index contributed by atoms with van der Waals surface area (Å²) in [6, 6.07) is 6.20. The van der Waals surface area contributed by atoms with Gasteiger partial charge in [-0.25, -0.2) is 0 Å². The highest BCUT2D eigenvalue weighted by atomic mass is 79.9. The number of hydrogen-bond acceptors (Lipinski definition) is 4. The second-order valence-electron chi connectivity index (χ2n) is 4.17. The molecule has 5 heteroatoms. The summed E-state index contributed by atoms with van der Waals surface area (Å²) in [6.07, 6.45) is 4.63. The molecule has 19 heavy (non-hydrogen) atoms. The molecule has 0 unspecified atom stereocenters. The van der Waals surface area contributed by atoms with Gasteiger partial charge in [0.15, 0.2) is 0 Å². The molecule has 0 aliphatic carbocycles. The van der Waals surface area contributed by atoms with Crippen molar-refractivity contribution in [2.45, 2.75) is 26.5 Å². The fourth-order valence-corrected chi connectivity index (χ4v) is 2.85. The van der Waals surface area contributed by atoms with E-state index in [1.807, 2.05) is 6.07 Å². The van der Waals surface area contributed by atoms with Gasteiger partial charge in [0.1, 0.15) is 12.4 Å². The average molecular weight is 341 g/mol. The summed E-state index contributed by atoms with van der Waals surface area (Å²) in [5.74, 6) is 0.786. The molecule has 0 aliphatic rings. The molecule has 0 aliphatic heterocycles. The van der Waals surface area contributed by atoms with Gasteiger partial charge in [0.25, 0.3) is 0 Å². The number of aromatic nitrogens is 1. The van der Waals surface area contributed by atoms with Crippen molar-refractivity contribution in [2.75, 3.05) is 6.54 Å². The minimum absolute atomic E-state index is 0.594. The van der Waals surface area contributed by atoms with E-state index in [1.165, 1.54) is 9.75 Å². The number of rotatable bonds is 7. The molecule has 0 saturated carbocycles. The van der Waals surface area contributed by atoms with Gasteiger partial charge in [-0.15, -0.1) is 11.3 Å². The molecule has 0 bridgehead atoms. The number of ether oxygens (including phenoxy) is 1. The molecule has 0 amide bonds. The average Bonchev–Trinajstić information content (AvgIpc) is 2.85. The van der Waals surface area contributed by atoms with Gasteiger partial charge in [-0.3, -0.25) is 4.98 Å². The highest BCUT2D eigenvalue weighted by Crippen LogP contribution is 2.20. The molecule has 0 saturated heterocycles. The van der Waals surface area contributed by atoms with Crippen molar-refractivity contribution in [1.82, 2.24) is 10.3 Å². The molecule has 0 aromatic carbocycles. The third-order valence-electron chi connectivity index (χ3n) is 2.50. The van der Waals surface area contributed by atoms with Crippen LogP contribution in [0.2, 0.25) is 0 Å². The lowest BCUT2D eigenvalue weighted by atomic mass is 10.4. The number of nitrogens with zero attached hydrogens (tertiary/aromatic N) is 1. The molecule has 102 valence electrons. The molecule has 0 atom stereocenters. The monoisotopic (exact) mass is 340 g/mol. The maximum atomic E-state index is 5.71. The molecule has 2 rings (SSSR count). The first kappa shape index (κ1) is 14.5. The van der Waals surface area contributed by atoms with Gasteiger partial charge in [0.2, 0.25) is 0 Å². The number of halogens is 1. The van der Waals surface area contributed by atoms with Crippen molar-refractivity contribution in [3.05, 3.63) is 44.8 Å². The molecule has 0 radical (unpaired) electrons. The number of pyridine rings is 1. The van der Waals surface area contributed by atoms with E-state index in [0.717, 1.165) is 29.7 Å². The Hall–Kier alpha value is -0.910. The Morgan fingerprint density at radius 3 is 2.95 bits per heavy atom. The Labute approximate surface area is 126 Å². The fraction of sp³-hybridized carbons (Fsp3) is 0.357. The van der Waals surface area contributed by atoms with Gasteiger partial charge in [-0.1, -0.05) is 6.92 Å². The van der Waals surface area contributed by atoms with Crippen molar-refractivity contribution in [1.29, 1.82) is 0 Å².